The molecule has 30 heavy (non-hydrogen) atoms. The molecular formula is C24H30N6. The summed E-state index contributed by atoms with van der Waals surface area (Å²) in [6, 6.07) is 11.5. The van der Waals surface area contributed by atoms with Crippen molar-refractivity contribution in [2.45, 2.75) is 52.1 Å². The smallest absolute Gasteiger partial charge is 0.160 e. The molecule has 1 aliphatic rings. The number of rotatable bonds is 4. The number of fused-ring (bicyclic) bond motifs is 2. The second kappa shape index (κ2) is 7.43. The highest BCUT2D eigenvalue weighted by Crippen LogP contribution is 2.31. The number of imidazole rings is 1. The predicted octanol–water partition coefficient (Wildman–Crippen LogP) is 5.01. The van der Waals surface area contributed by atoms with Crippen LogP contribution in [0.4, 0.5) is 5.82 Å². The van der Waals surface area contributed by atoms with Gasteiger partial charge in [-0.25, -0.2) is 9.97 Å². The molecule has 3 aromatic heterocycles. The number of aryl methyl sites for hydroxylation is 1. The van der Waals surface area contributed by atoms with Crippen LogP contribution in [0.2, 0.25) is 0 Å². The Hall–Kier alpha value is -2.86. The number of aromatic nitrogens is 4. The van der Waals surface area contributed by atoms with Crippen molar-refractivity contribution >= 4 is 27.9 Å². The first kappa shape index (κ1) is 19.1. The lowest BCUT2D eigenvalue weighted by molar-refractivity contribution is 0.164. The summed E-state index contributed by atoms with van der Waals surface area (Å²) in [7, 11) is 2.27. The summed E-state index contributed by atoms with van der Waals surface area (Å²) in [6.45, 7) is 5.29. The van der Waals surface area contributed by atoms with Crippen molar-refractivity contribution < 1.29 is 0 Å². The van der Waals surface area contributed by atoms with E-state index in [1.807, 2.05) is 13.0 Å². The third-order valence-corrected chi connectivity index (χ3v) is 6.61. The van der Waals surface area contributed by atoms with E-state index in [0.29, 0.717) is 11.9 Å². The molecule has 6 heteroatoms. The first-order chi connectivity index (χ1) is 14.5. The molecule has 0 spiro atoms. The molecule has 4 aromatic rings. The lowest BCUT2D eigenvalue weighted by atomic mass is 9.86. The lowest BCUT2D eigenvalue weighted by Gasteiger charge is -2.33. The Labute approximate surface area is 176 Å². The number of nitrogens with one attached hydrogen (secondary N) is 2. The van der Waals surface area contributed by atoms with Crippen molar-refractivity contribution in [3.8, 4) is 11.3 Å². The molecule has 0 saturated heterocycles. The lowest BCUT2D eigenvalue weighted by Crippen LogP contribution is -2.34. The molecule has 156 valence electrons. The van der Waals surface area contributed by atoms with Gasteiger partial charge in [-0.3, -0.25) is 4.90 Å². The highest BCUT2D eigenvalue weighted by atomic mass is 15.1. The van der Waals surface area contributed by atoms with E-state index in [-0.39, 0.29) is 0 Å². The third-order valence-electron chi connectivity index (χ3n) is 6.61. The number of hydrogen-bond acceptors (Lipinski definition) is 4. The van der Waals surface area contributed by atoms with Crippen LogP contribution in [0, 0.1) is 12.8 Å². The molecular weight excluding hydrogens is 372 g/mol. The quantitative estimate of drug-likeness (QED) is 0.448. The maximum absolute atomic E-state index is 6.05. The van der Waals surface area contributed by atoms with Gasteiger partial charge in [0.05, 0.1) is 0 Å². The number of pyridine rings is 1. The summed E-state index contributed by atoms with van der Waals surface area (Å²) in [4.78, 5) is 18.3. The molecule has 0 bridgehead atoms. The zero-order chi connectivity index (χ0) is 20.8. The number of H-pyrrole nitrogens is 2. The minimum absolute atomic E-state index is 0.490. The average Bonchev–Trinajstić information content (AvgIpc) is 3.29. The molecule has 0 atom stereocenters. The molecule has 0 aliphatic heterocycles. The zero-order valence-corrected chi connectivity index (χ0v) is 18.0. The van der Waals surface area contributed by atoms with Gasteiger partial charge in [-0.1, -0.05) is 19.1 Å². The normalized spacial score (nSPS) is 19.9. The van der Waals surface area contributed by atoms with Crippen LogP contribution in [0.3, 0.4) is 0 Å². The fourth-order valence-corrected chi connectivity index (χ4v) is 4.85. The van der Waals surface area contributed by atoms with Gasteiger partial charge >= 0.3 is 0 Å². The largest absolute Gasteiger partial charge is 0.384 e. The van der Waals surface area contributed by atoms with Crippen molar-refractivity contribution in [3.63, 3.8) is 0 Å². The number of anilines is 1. The molecule has 1 saturated carbocycles. The molecule has 0 unspecified atom stereocenters. The Balaban J connectivity index is 1.43. The van der Waals surface area contributed by atoms with Crippen molar-refractivity contribution in [3.05, 3.63) is 41.7 Å². The SMILES string of the molecule is Cc1nc2c(-c3cc4ccc(CN(C)[C@H]5CC[C@@H](C)CC5)cc4[nH]3)cc(N)nc2[nH]1. The summed E-state index contributed by atoms with van der Waals surface area (Å²) in [5, 5.41) is 1.19. The molecule has 1 fully saturated rings. The van der Waals surface area contributed by atoms with Gasteiger partial charge < -0.3 is 15.7 Å². The van der Waals surface area contributed by atoms with E-state index in [0.717, 1.165) is 46.2 Å². The van der Waals surface area contributed by atoms with E-state index in [2.05, 4.69) is 63.1 Å². The summed E-state index contributed by atoms with van der Waals surface area (Å²) in [5.74, 6) is 2.21. The fourth-order valence-electron chi connectivity index (χ4n) is 4.85. The number of nitrogens with two attached hydrogens (primary N) is 1. The van der Waals surface area contributed by atoms with Crippen LogP contribution in [-0.4, -0.2) is 37.9 Å². The van der Waals surface area contributed by atoms with Gasteiger partial charge in [0, 0.05) is 34.7 Å². The molecule has 1 aromatic carbocycles. The van der Waals surface area contributed by atoms with Gasteiger partial charge in [-0.05, 0) is 69.3 Å². The van der Waals surface area contributed by atoms with Crippen LogP contribution in [-0.2, 0) is 6.54 Å². The Morgan fingerprint density at radius 1 is 1.07 bits per heavy atom. The molecule has 4 N–H and O–H groups in total. The van der Waals surface area contributed by atoms with E-state index in [1.54, 1.807) is 0 Å². The van der Waals surface area contributed by atoms with E-state index >= 15 is 0 Å². The first-order valence-corrected chi connectivity index (χ1v) is 10.9. The van der Waals surface area contributed by atoms with Gasteiger partial charge in [0.1, 0.15) is 17.2 Å². The molecule has 5 rings (SSSR count). The van der Waals surface area contributed by atoms with Crippen molar-refractivity contribution in [1.29, 1.82) is 0 Å². The highest BCUT2D eigenvalue weighted by Gasteiger charge is 2.21. The minimum Gasteiger partial charge on any atom is -0.384 e. The minimum atomic E-state index is 0.490. The second-order valence-corrected chi connectivity index (χ2v) is 9.05. The number of hydrogen-bond donors (Lipinski definition) is 3. The van der Waals surface area contributed by atoms with E-state index < -0.39 is 0 Å². The van der Waals surface area contributed by atoms with Crippen LogP contribution in [0.25, 0.3) is 33.3 Å². The van der Waals surface area contributed by atoms with Gasteiger partial charge in [-0.15, -0.1) is 0 Å². The number of nitrogens with zero attached hydrogens (tertiary/aromatic N) is 3. The molecule has 6 nitrogen and oxygen atoms in total. The van der Waals surface area contributed by atoms with E-state index in [1.165, 1.54) is 36.6 Å². The van der Waals surface area contributed by atoms with Crippen LogP contribution in [0.15, 0.2) is 30.3 Å². The number of nitrogen functional groups attached to an aromatic ring is 1. The van der Waals surface area contributed by atoms with E-state index in [9.17, 15) is 0 Å². The van der Waals surface area contributed by atoms with Gasteiger partial charge in [0.15, 0.2) is 5.65 Å². The molecule has 1 aliphatic carbocycles. The standard InChI is InChI=1S/C24H30N6/c1-14-4-8-18(9-5-14)30(3)13-16-6-7-17-11-21(28-20(17)10-16)19-12-22(25)29-24-23(19)26-15(2)27-24/h6-7,10-12,14,18,28H,4-5,8-9,13H2,1-3H3,(H3,25,26,27,29)/t14-,18+. The van der Waals surface area contributed by atoms with Gasteiger partial charge in [0.2, 0.25) is 0 Å². The van der Waals surface area contributed by atoms with Crippen molar-refractivity contribution in [2.75, 3.05) is 12.8 Å². The Bertz CT molecular complexity index is 1200. The topological polar surface area (TPSA) is 86.6 Å². The fraction of sp³-hybridized carbons (Fsp3) is 0.417. The molecule has 0 radical (unpaired) electrons. The maximum Gasteiger partial charge on any atom is 0.160 e. The van der Waals surface area contributed by atoms with Gasteiger partial charge in [-0.2, -0.15) is 0 Å². The van der Waals surface area contributed by atoms with Crippen molar-refractivity contribution in [1.82, 2.24) is 24.8 Å². The highest BCUT2D eigenvalue weighted by molar-refractivity contribution is 5.95. The summed E-state index contributed by atoms with van der Waals surface area (Å²) in [6.07, 6.45) is 5.33. The maximum atomic E-state index is 6.05. The monoisotopic (exact) mass is 402 g/mol. The Morgan fingerprint density at radius 2 is 1.87 bits per heavy atom. The van der Waals surface area contributed by atoms with Crippen molar-refractivity contribution in [2.24, 2.45) is 5.92 Å². The third kappa shape index (κ3) is 3.56. The van der Waals surface area contributed by atoms with Crippen LogP contribution in [0.5, 0.6) is 0 Å². The number of aromatic amines is 2. The van der Waals surface area contributed by atoms with Crippen LogP contribution < -0.4 is 5.73 Å². The summed E-state index contributed by atoms with van der Waals surface area (Å²) < 4.78 is 0. The predicted molar refractivity (Wildman–Crippen MR) is 123 cm³/mol. The number of benzene rings is 1. The summed E-state index contributed by atoms with van der Waals surface area (Å²) in [5.41, 5.74) is 12.1. The van der Waals surface area contributed by atoms with Gasteiger partial charge in [0.25, 0.3) is 0 Å². The van der Waals surface area contributed by atoms with Crippen LogP contribution >= 0.6 is 0 Å². The Kier molecular flexibility index (Phi) is 4.74. The average molecular weight is 403 g/mol. The molecule has 0 amide bonds. The Morgan fingerprint density at radius 3 is 2.67 bits per heavy atom. The zero-order valence-electron chi connectivity index (χ0n) is 18.0. The van der Waals surface area contributed by atoms with E-state index in [4.69, 9.17) is 5.73 Å². The summed E-state index contributed by atoms with van der Waals surface area (Å²) >= 11 is 0. The first-order valence-electron chi connectivity index (χ1n) is 10.9. The second-order valence-electron chi connectivity index (χ2n) is 9.05. The molecule has 3 heterocycles. The van der Waals surface area contributed by atoms with Crippen LogP contribution in [0.1, 0.15) is 44.0 Å².